The van der Waals surface area contributed by atoms with Crippen LogP contribution in [0.5, 0.6) is 0 Å². The van der Waals surface area contributed by atoms with E-state index in [2.05, 4.69) is 15.2 Å². The summed E-state index contributed by atoms with van der Waals surface area (Å²) in [5.74, 6) is 0.973. The van der Waals surface area contributed by atoms with Crippen molar-refractivity contribution in [2.45, 2.75) is 31.7 Å². The molecule has 2 saturated heterocycles. The number of pyridine rings is 1. The Morgan fingerprint density at radius 1 is 1.33 bits per heavy atom. The van der Waals surface area contributed by atoms with Gasteiger partial charge in [0.2, 0.25) is 0 Å². The molecule has 2 unspecified atom stereocenters. The molecule has 2 atom stereocenters. The van der Waals surface area contributed by atoms with Gasteiger partial charge in [0.1, 0.15) is 0 Å². The Morgan fingerprint density at radius 2 is 2.28 bits per heavy atom. The zero-order valence-corrected chi connectivity index (χ0v) is 10.6. The second kappa shape index (κ2) is 5.22. The Labute approximate surface area is 107 Å². The van der Waals surface area contributed by atoms with Crippen LogP contribution in [0.3, 0.4) is 0 Å². The third kappa shape index (κ3) is 2.34. The maximum Gasteiger partial charge on any atom is 0.165 e. The van der Waals surface area contributed by atoms with Gasteiger partial charge in [0.15, 0.2) is 11.6 Å². The average Bonchev–Trinajstić information content (AvgIpc) is 2.93. The number of hydrogen-bond donors (Lipinski definition) is 1. The van der Waals surface area contributed by atoms with Crippen LogP contribution in [0.1, 0.15) is 25.7 Å². The van der Waals surface area contributed by atoms with Gasteiger partial charge in [-0.15, -0.1) is 0 Å². The molecule has 2 aliphatic heterocycles. The summed E-state index contributed by atoms with van der Waals surface area (Å²) in [5.41, 5.74) is 0. The highest BCUT2D eigenvalue weighted by atomic mass is 19.1. The third-order valence-corrected chi connectivity index (χ3v) is 4.16. The van der Waals surface area contributed by atoms with Crippen molar-refractivity contribution in [1.82, 2.24) is 10.3 Å². The number of anilines is 1. The summed E-state index contributed by atoms with van der Waals surface area (Å²) in [6.07, 6.45) is 6.61. The lowest BCUT2D eigenvalue weighted by molar-refractivity contribution is 0.326. The quantitative estimate of drug-likeness (QED) is 0.871. The molecule has 0 radical (unpaired) electrons. The molecule has 0 aliphatic carbocycles. The molecular formula is C14H20FN3. The fourth-order valence-electron chi connectivity index (χ4n) is 3.25. The van der Waals surface area contributed by atoms with Crippen molar-refractivity contribution in [3.63, 3.8) is 0 Å². The summed E-state index contributed by atoms with van der Waals surface area (Å²) < 4.78 is 13.8. The number of nitrogens with one attached hydrogen (secondary N) is 1. The van der Waals surface area contributed by atoms with Crippen molar-refractivity contribution >= 4 is 5.82 Å². The fourth-order valence-corrected chi connectivity index (χ4v) is 3.25. The van der Waals surface area contributed by atoms with Crippen molar-refractivity contribution in [2.75, 3.05) is 24.5 Å². The lowest BCUT2D eigenvalue weighted by Gasteiger charge is -2.36. The first-order valence-corrected chi connectivity index (χ1v) is 6.93. The minimum absolute atomic E-state index is 0.197. The fraction of sp³-hybridized carbons (Fsp3) is 0.643. The van der Waals surface area contributed by atoms with Gasteiger partial charge in [0.05, 0.1) is 0 Å². The van der Waals surface area contributed by atoms with Crippen LogP contribution in [0.4, 0.5) is 10.2 Å². The highest BCUT2D eigenvalue weighted by molar-refractivity contribution is 5.40. The van der Waals surface area contributed by atoms with E-state index in [-0.39, 0.29) is 5.82 Å². The summed E-state index contributed by atoms with van der Waals surface area (Å²) in [5, 5.41) is 3.57. The lowest BCUT2D eigenvalue weighted by Crippen LogP contribution is -2.44. The Kier molecular flexibility index (Phi) is 3.46. The van der Waals surface area contributed by atoms with Gasteiger partial charge in [0.25, 0.3) is 0 Å². The van der Waals surface area contributed by atoms with E-state index < -0.39 is 0 Å². The Bertz CT molecular complexity index is 404. The van der Waals surface area contributed by atoms with Crippen LogP contribution in [-0.4, -0.2) is 30.7 Å². The molecule has 4 heteroatoms. The van der Waals surface area contributed by atoms with Gasteiger partial charge in [-0.05, 0) is 50.3 Å². The predicted molar refractivity (Wildman–Crippen MR) is 70.2 cm³/mol. The molecule has 3 heterocycles. The summed E-state index contributed by atoms with van der Waals surface area (Å²) >= 11 is 0. The zero-order valence-electron chi connectivity index (χ0n) is 10.6. The molecule has 0 bridgehead atoms. The van der Waals surface area contributed by atoms with Crippen LogP contribution < -0.4 is 10.2 Å². The first-order chi connectivity index (χ1) is 8.84. The molecule has 1 N–H and O–H groups in total. The number of rotatable bonds is 2. The molecular weight excluding hydrogens is 229 g/mol. The zero-order chi connectivity index (χ0) is 12.4. The van der Waals surface area contributed by atoms with Crippen LogP contribution in [0, 0.1) is 11.7 Å². The van der Waals surface area contributed by atoms with Crippen molar-refractivity contribution in [3.8, 4) is 0 Å². The topological polar surface area (TPSA) is 28.2 Å². The van der Waals surface area contributed by atoms with Crippen LogP contribution in [0.2, 0.25) is 0 Å². The van der Waals surface area contributed by atoms with E-state index in [4.69, 9.17) is 0 Å². The van der Waals surface area contributed by atoms with Gasteiger partial charge < -0.3 is 10.2 Å². The van der Waals surface area contributed by atoms with Crippen molar-refractivity contribution in [1.29, 1.82) is 0 Å². The van der Waals surface area contributed by atoms with E-state index >= 15 is 0 Å². The van der Waals surface area contributed by atoms with Crippen LogP contribution >= 0.6 is 0 Å². The number of halogens is 1. The molecule has 1 aromatic heterocycles. The van der Waals surface area contributed by atoms with Crippen molar-refractivity contribution in [3.05, 3.63) is 24.1 Å². The smallest absolute Gasteiger partial charge is 0.165 e. The van der Waals surface area contributed by atoms with E-state index in [0.717, 1.165) is 26.1 Å². The van der Waals surface area contributed by atoms with E-state index in [9.17, 15) is 4.39 Å². The molecule has 3 rings (SSSR count). The maximum absolute atomic E-state index is 13.8. The monoisotopic (exact) mass is 249 g/mol. The van der Waals surface area contributed by atoms with Crippen LogP contribution in [-0.2, 0) is 0 Å². The predicted octanol–water partition coefficient (Wildman–Crippen LogP) is 2.19. The average molecular weight is 249 g/mol. The summed E-state index contributed by atoms with van der Waals surface area (Å²) in [6.45, 7) is 3.00. The lowest BCUT2D eigenvalue weighted by atomic mass is 9.90. The first kappa shape index (κ1) is 11.9. The van der Waals surface area contributed by atoms with Gasteiger partial charge >= 0.3 is 0 Å². The Balaban J connectivity index is 1.72. The largest absolute Gasteiger partial charge is 0.354 e. The molecule has 18 heavy (non-hydrogen) atoms. The van der Waals surface area contributed by atoms with Gasteiger partial charge in [-0.1, -0.05) is 0 Å². The second-order valence-electron chi connectivity index (χ2n) is 5.36. The van der Waals surface area contributed by atoms with Crippen LogP contribution in [0.25, 0.3) is 0 Å². The molecule has 98 valence electrons. The molecule has 0 aromatic carbocycles. The minimum Gasteiger partial charge on any atom is -0.354 e. The first-order valence-electron chi connectivity index (χ1n) is 6.93. The molecule has 2 fully saturated rings. The summed E-state index contributed by atoms with van der Waals surface area (Å²) in [4.78, 5) is 6.31. The molecule has 2 aliphatic rings. The highest BCUT2D eigenvalue weighted by Gasteiger charge is 2.30. The molecule has 0 spiro atoms. The number of hydrogen-bond acceptors (Lipinski definition) is 3. The molecule has 1 aromatic rings. The van der Waals surface area contributed by atoms with E-state index in [1.807, 2.05) is 0 Å². The van der Waals surface area contributed by atoms with E-state index in [1.54, 1.807) is 12.3 Å². The number of aromatic nitrogens is 1. The number of piperidine rings is 1. The minimum atomic E-state index is -0.197. The summed E-state index contributed by atoms with van der Waals surface area (Å²) in [7, 11) is 0. The standard InChI is InChI=1S/C14H20FN3/c15-12-5-1-8-17-14(12)18-9-3-4-11(10-18)13-6-2-7-16-13/h1,5,8,11,13,16H,2-4,6-7,9-10H2. The SMILES string of the molecule is Fc1cccnc1N1CCCC(C2CCCN2)C1. The molecule has 0 amide bonds. The van der Waals surface area contributed by atoms with E-state index in [0.29, 0.717) is 17.8 Å². The van der Waals surface area contributed by atoms with Gasteiger partial charge in [-0.2, -0.15) is 0 Å². The maximum atomic E-state index is 13.8. The van der Waals surface area contributed by atoms with E-state index in [1.165, 1.54) is 25.3 Å². The third-order valence-electron chi connectivity index (χ3n) is 4.16. The van der Waals surface area contributed by atoms with Gasteiger partial charge in [-0.25, -0.2) is 9.37 Å². The highest BCUT2D eigenvalue weighted by Crippen LogP contribution is 2.28. The Morgan fingerprint density at radius 3 is 3.06 bits per heavy atom. The van der Waals surface area contributed by atoms with Gasteiger partial charge in [0, 0.05) is 25.3 Å². The van der Waals surface area contributed by atoms with Crippen molar-refractivity contribution < 1.29 is 4.39 Å². The molecule has 0 saturated carbocycles. The normalized spacial score (nSPS) is 28.6. The van der Waals surface area contributed by atoms with Gasteiger partial charge in [-0.3, -0.25) is 0 Å². The number of nitrogens with zero attached hydrogens (tertiary/aromatic N) is 2. The second-order valence-corrected chi connectivity index (χ2v) is 5.36. The molecule has 3 nitrogen and oxygen atoms in total. The van der Waals surface area contributed by atoms with Crippen molar-refractivity contribution in [2.24, 2.45) is 5.92 Å². The summed E-state index contributed by atoms with van der Waals surface area (Å²) in [6, 6.07) is 3.78. The Hall–Kier alpha value is -1.16. The van der Waals surface area contributed by atoms with Crippen LogP contribution in [0.15, 0.2) is 18.3 Å².